The van der Waals surface area contributed by atoms with Crippen LogP contribution in [0.1, 0.15) is 19.9 Å². The first-order chi connectivity index (χ1) is 7.72. The van der Waals surface area contributed by atoms with Gasteiger partial charge >= 0.3 is 0 Å². The van der Waals surface area contributed by atoms with E-state index >= 15 is 0 Å². The molecular formula is C10H14N6. The van der Waals surface area contributed by atoms with E-state index in [4.69, 9.17) is 5.84 Å². The van der Waals surface area contributed by atoms with Crippen LogP contribution in [0.3, 0.4) is 0 Å². The van der Waals surface area contributed by atoms with E-state index in [9.17, 15) is 0 Å². The molecule has 0 aliphatic heterocycles. The molecule has 0 radical (unpaired) electrons. The van der Waals surface area contributed by atoms with Crippen molar-refractivity contribution < 1.29 is 0 Å². The predicted octanol–water partition coefficient (Wildman–Crippen LogP) is 1.21. The number of hydrogen-bond acceptors (Lipinski definition) is 5. The minimum atomic E-state index is 0.293. The van der Waals surface area contributed by atoms with E-state index in [0.717, 1.165) is 11.5 Å². The summed E-state index contributed by atoms with van der Waals surface area (Å²) < 4.78 is 1.96. The van der Waals surface area contributed by atoms with E-state index in [0.29, 0.717) is 11.9 Å². The van der Waals surface area contributed by atoms with Crippen LogP contribution < -0.4 is 11.3 Å². The maximum atomic E-state index is 5.31. The summed E-state index contributed by atoms with van der Waals surface area (Å²) in [6, 6.07) is 5.83. The van der Waals surface area contributed by atoms with E-state index in [1.165, 1.54) is 0 Å². The van der Waals surface area contributed by atoms with Crippen LogP contribution in [0.15, 0.2) is 24.5 Å². The fourth-order valence-electron chi connectivity index (χ4n) is 1.44. The quantitative estimate of drug-likeness (QED) is 0.597. The molecule has 0 aromatic carbocycles. The molecule has 0 saturated heterocycles. The van der Waals surface area contributed by atoms with Crippen molar-refractivity contribution >= 4 is 5.82 Å². The lowest BCUT2D eigenvalue weighted by Gasteiger charge is -2.09. The van der Waals surface area contributed by atoms with Crippen molar-refractivity contribution in [3.8, 4) is 11.5 Å². The Morgan fingerprint density at radius 2 is 2.19 bits per heavy atom. The van der Waals surface area contributed by atoms with Gasteiger partial charge in [-0.3, -0.25) is 0 Å². The SMILES string of the molecule is CC(C)n1cnnc1-c1cccc(NN)n1. The number of hydrogen-bond donors (Lipinski definition) is 2. The fraction of sp³-hybridized carbons (Fsp3) is 0.300. The predicted molar refractivity (Wildman–Crippen MR) is 61.4 cm³/mol. The molecule has 2 aromatic heterocycles. The van der Waals surface area contributed by atoms with Crippen LogP contribution >= 0.6 is 0 Å². The van der Waals surface area contributed by atoms with Crippen molar-refractivity contribution in [3.63, 3.8) is 0 Å². The van der Waals surface area contributed by atoms with Crippen LogP contribution in [-0.2, 0) is 0 Å². The molecule has 0 aliphatic rings. The molecule has 0 amide bonds. The van der Waals surface area contributed by atoms with E-state index in [1.54, 1.807) is 12.4 Å². The highest BCUT2D eigenvalue weighted by atomic mass is 15.3. The molecule has 16 heavy (non-hydrogen) atoms. The van der Waals surface area contributed by atoms with Gasteiger partial charge in [-0.1, -0.05) is 6.07 Å². The summed E-state index contributed by atoms with van der Waals surface area (Å²) in [7, 11) is 0. The lowest BCUT2D eigenvalue weighted by atomic mass is 10.3. The van der Waals surface area contributed by atoms with Crippen molar-refractivity contribution in [2.45, 2.75) is 19.9 Å². The summed E-state index contributed by atoms with van der Waals surface area (Å²) in [6.07, 6.45) is 1.70. The molecule has 2 rings (SSSR count). The second-order valence-corrected chi connectivity index (χ2v) is 3.71. The topological polar surface area (TPSA) is 81.7 Å². The average Bonchev–Trinajstić information content (AvgIpc) is 2.78. The van der Waals surface area contributed by atoms with E-state index in [2.05, 4.69) is 34.5 Å². The highest BCUT2D eigenvalue weighted by Crippen LogP contribution is 2.19. The molecule has 2 heterocycles. The summed E-state index contributed by atoms with van der Waals surface area (Å²) in [5, 5.41) is 7.96. The molecule has 6 nitrogen and oxygen atoms in total. The average molecular weight is 218 g/mol. The lowest BCUT2D eigenvalue weighted by Crippen LogP contribution is -2.09. The zero-order valence-corrected chi connectivity index (χ0v) is 9.25. The van der Waals surface area contributed by atoms with E-state index < -0.39 is 0 Å². The smallest absolute Gasteiger partial charge is 0.182 e. The second-order valence-electron chi connectivity index (χ2n) is 3.71. The Hall–Kier alpha value is -1.95. The van der Waals surface area contributed by atoms with E-state index in [1.807, 2.05) is 16.7 Å². The molecule has 0 fully saturated rings. The molecule has 0 saturated carbocycles. The Labute approximate surface area is 93.5 Å². The van der Waals surface area contributed by atoms with Crippen LogP contribution in [0.25, 0.3) is 11.5 Å². The van der Waals surface area contributed by atoms with Gasteiger partial charge in [0, 0.05) is 6.04 Å². The number of pyridine rings is 1. The third kappa shape index (κ3) is 1.87. The van der Waals surface area contributed by atoms with Gasteiger partial charge in [0.2, 0.25) is 0 Å². The number of nitrogens with one attached hydrogen (secondary N) is 1. The molecule has 0 unspecified atom stereocenters. The number of rotatable bonds is 3. The number of nitrogen functional groups attached to an aromatic ring is 1. The number of anilines is 1. The van der Waals surface area contributed by atoms with Gasteiger partial charge in [0.15, 0.2) is 5.82 Å². The molecule has 0 bridgehead atoms. The standard InChI is InChI=1S/C10H14N6/c1-7(2)16-6-12-15-10(16)8-4-3-5-9(13-8)14-11/h3-7H,11H2,1-2H3,(H,13,14). The van der Waals surface area contributed by atoms with Gasteiger partial charge in [-0.2, -0.15) is 0 Å². The highest BCUT2D eigenvalue weighted by molar-refractivity contribution is 5.53. The number of aromatic nitrogens is 4. The van der Waals surface area contributed by atoms with E-state index in [-0.39, 0.29) is 0 Å². The van der Waals surface area contributed by atoms with Gasteiger partial charge in [-0.05, 0) is 26.0 Å². The maximum Gasteiger partial charge on any atom is 0.182 e. The first-order valence-corrected chi connectivity index (χ1v) is 5.06. The first-order valence-electron chi connectivity index (χ1n) is 5.06. The zero-order valence-electron chi connectivity index (χ0n) is 9.25. The molecule has 2 aromatic rings. The number of hydrazine groups is 1. The molecule has 6 heteroatoms. The minimum absolute atomic E-state index is 0.293. The largest absolute Gasteiger partial charge is 0.310 e. The van der Waals surface area contributed by atoms with Crippen molar-refractivity contribution in [3.05, 3.63) is 24.5 Å². The Morgan fingerprint density at radius 3 is 2.88 bits per heavy atom. The maximum absolute atomic E-state index is 5.31. The van der Waals surface area contributed by atoms with Gasteiger partial charge in [-0.15, -0.1) is 10.2 Å². The van der Waals surface area contributed by atoms with Crippen LogP contribution in [-0.4, -0.2) is 19.7 Å². The zero-order chi connectivity index (χ0) is 11.5. The third-order valence-electron chi connectivity index (χ3n) is 2.26. The summed E-state index contributed by atoms with van der Waals surface area (Å²) in [5.41, 5.74) is 3.26. The lowest BCUT2D eigenvalue weighted by molar-refractivity contribution is 0.603. The molecular weight excluding hydrogens is 204 g/mol. The van der Waals surface area contributed by atoms with Gasteiger partial charge < -0.3 is 9.99 Å². The molecule has 84 valence electrons. The first kappa shape index (κ1) is 10.6. The minimum Gasteiger partial charge on any atom is -0.310 e. The fourth-order valence-corrected chi connectivity index (χ4v) is 1.44. The Balaban J connectivity index is 2.46. The molecule has 0 spiro atoms. The third-order valence-corrected chi connectivity index (χ3v) is 2.26. The molecule has 3 N–H and O–H groups in total. The summed E-state index contributed by atoms with van der Waals surface area (Å²) in [5.74, 6) is 6.66. The van der Waals surface area contributed by atoms with Gasteiger partial charge in [-0.25, -0.2) is 10.8 Å². The van der Waals surface area contributed by atoms with Gasteiger partial charge in [0.05, 0.1) is 0 Å². The van der Waals surface area contributed by atoms with Crippen molar-refractivity contribution in [1.29, 1.82) is 0 Å². The molecule has 0 aliphatic carbocycles. The number of nitrogens with zero attached hydrogens (tertiary/aromatic N) is 4. The molecule has 0 atom stereocenters. The normalized spacial score (nSPS) is 10.8. The van der Waals surface area contributed by atoms with Crippen LogP contribution in [0.2, 0.25) is 0 Å². The Bertz CT molecular complexity index is 476. The van der Waals surface area contributed by atoms with Gasteiger partial charge in [0.25, 0.3) is 0 Å². The van der Waals surface area contributed by atoms with Crippen molar-refractivity contribution in [2.75, 3.05) is 5.43 Å². The summed E-state index contributed by atoms with van der Waals surface area (Å²) in [6.45, 7) is 4.13. The van der Waals surface area contributed by atoms with Crippen molar-refractivity contribution in [2.24, 2.45) is 5.84 Å². The highest BCUT2D eigenvalue weighted by Gasteiger charge is 2.10. The number of nitrogens with two attached hydrogens (primary N) is 1. The Morgan fingerprint density at radius 1 is 1.38 bits per heavy atom. The van der Waals surface area contributed by atoms with Gasteiger partial charge in [0.1, 0.15) is 17.8 Å². The van der Waals surface area contributed by atoms with Crippen LogP contribution in [0.5, 0.6) is 0 Å². The Kier molecular flexibility index (Phi) is 2.82. The van der Waals surface area contributed by atoms with Crippen LogP contribution in [0, 0.1) is 0 Å². The van der Waals surface area contributed by atoms with Crippen LogP contribution in [0.4, 0.5) is 5.82 Å². The summed E-state index contributed by atoms with van der Waals surface area (Å²) >= 11 is 0. The second kappa shape index (κ2) is 4.28. The van der Waals surface area contributed by atoms with Crippen molar-refractivity contribution in [1.82, 2.24) is 19.7 Å². The monoisotopic (exact) mass is 218 g/mol. The summed E-state index contributed by atoms with van der Waals surface area (Å²) in [4.78, 5) is 4.32.